The maximum absolute atomic E-state index is 14.1. The summed E-state index contributed by atoms with van der Waals surface area (Å²) in [7, 11) is -4.20. The molecule has 0 spiro atoms. The van der Waals surface area contributed by atoms with E-state index in [9.17, 15) is 26.0 Å². The first-order valence-electron chi connectivity index (χ1n) is 9.74. The Balaban J connectivity index is 1.95. The second-order valence-corrected chi connectivity index (χ2v) is 9.56. The van der Waals surface area contributed by atoms with Crippen LogP contribution in [0.25, 0.3) is 0 Å². The van der Waals surface area contributed by atoms with Gasteiger partial charge in [-0.1, -0.05) is 18.9 Å². The van der Waals surface area contributed by atoms with Crippen LogP contribution in [0, 0.1) is 42.5 Å². The van der Waals surface area contributed by atoms with Crippen molar-refractivity contribution in [3.63, 3.8) is 0 Å². The lowest BCUT2D eigenvalue weighted by atomic mass is 10.0. The van der Waals surface area contributed by atoms with Gasteiger partial charge in [0.1, 0.15) is 0 Å². The van der Waals surface area contributed by atoms with Gasteiger partial charge in [-0.25, -0.2) is 26.0 Å². The van der Waals surface area contributed by atoms with Gasteiger partial charge < -0.3 is 9.64 Å². The number of rotatable bonds is 6. The van der Waals surface area contributed by atoms with Crippen LogP contribution in [0.4, 0.5) is 23.2 Å². The normalized spacial score (nSPS) is 15.8. The Hall–Kier alpha value is -2.99. The van der Waals surface area contributed by atoms with Crippen LogP contribution in [0.2, 0.25) is 0 Å². The highest BCUT2D eigenvalue weighted by Crippen LogP contribution is 2.38. The predicted octanol–water partition coefficient (Wildman–Crippen LogP) is 5.06. The molecule has 3 rings (SSSR count). The van der Waals surface area contributed by atoms with Crippen molar-refractivity contribution in [2.45, 2.75) is 37.9 Å². The highest BCUT2D eigenvalue weighted by Gasteiger charge is 2.30. The fraction of sp³-hybridized carbons (Fsp3) is 0.304. The van der Waals surface area contributed by atoms with Gasteiger partial charge in [-0.05, 0) is 37.6 Å². The van der Waals surface area contributed by atoms with E-state index in [2.05, 4.69) is 12.5 Å². The van der Waals surface area contributed by atoms with E-state index in [1.165, 1.54) is 12.1 Å². The maximum atomic E-state index is 14.1. The number of terminal acetylenes is 1. The molecular formula is C23H21F4NO3S. The van der Waals surface area contributed by atoms with E-state index in [-0.39, 0.29) is 5.56 Å². The molecule has 0 saturated carbocycles. The molecule has 0 N–H and O–H groups in total. The van der Waals surface area contributed by atoms with Crippen molar-refractivity contribution in [2.75, 3.05) is 11.4 Å². The zero-order valence-electron chi connectivity index (χ0n) is 17.5. The van der Waals surface area contributed by atoms with E-state index < -0.39 is 61.8 Å². The quantitative estimate of drug-likeness (QED) is 0.339. The van der Waals surface area contributed by atoms with Gasteiger partial charge in [0, 0.05) is 23.2 Å². The van der Waals surface area contributed by atoms with Crippen molar-refractivity contribution in [3.8, 4) is 12.3 Å². The first-order chi connectivity index (χ1) is 15.0. The number of sulfone groups is 1. The molecule has 1 heterocycles. The number of hydrogen-bond acceptors (Lipinski definition) is 4. The van der Waals surface area contributed by atoms with Crippen LogP contribution >= 0.6 is 0 Å². The summed E-state index contributed by atoms with van der Waals surface area (Å²) in [4.78, 5) is 1.81. The average Bonchev–Trinajstić information content (AvgIpc) is 2.75. The second kappa shape index (κ2) is 8.87. The number of hydrogen-bond donors (Lipinski definition) is 0. The van der Waals surface area contributed by atoms with Crippen LogP contribution in [0.5, 0.6) is 0 Å². The predicted molar refractivity (Wildman–Crippen MR) is 113 cm³/mol. The zero-order valence-corrected chi connectivity index (χ0v) is 18.3. The molecule has 0 saturated heterocycles. The monoisotopic (exact) mass is 467 g/mol. The van der Waals surface area contributed by atoms with E-state index in [0.717, 1.165) is 13.3 Å². The van der Waals surface area contributed by atoms with Crippen molar-refractivity contribution < 1.29 is 30.7 Å². The molecule has 0 aromatic heterocycles. The number of halogens is 4. The van der Waals surface area contributed by atoms with Crippen molar-refractivity contribution in [1.29, 1.82) is 0 Å². The largest absolute Gasteiger partial charge is 0.458 e. The van der Waals surface area contributed by atoms with Gasteiger partial charge in [-0.2, -0.15) is 0 Å². The van der Waals surface area contributed by atoms with Gasteiger partial charge in [0.15, 0.2) is 45.1 Å². The molecule has 2 aromatic carbocycles. The lowest BCUT2D eigenvalue weighted by molar-refractivity contribution is 0.148. The standard InChI is InChI=1S/C23H21F4NO3S/c1-5-9-28-14(4)31-19(6-2)16-10-15(7-8-18(16)28)11-32(29,30)12-17-22(26)20(24)13(3)21(25)23(17)27/h2,7-8,10,19H,4-5,9,11-12H2,1,3H3. The van der Waals surface area contributed by atoms with Crippen LogP contribution < -0.4 is 4.90 Å². The molecule has 2 aromatic rings. The summed E-state index contributed by atoms with van der Waals surface area (Å²) in [5.74, 6) is -5.65. The van der Waals surface area contributed by atoms with Crippen LogP contribution in [-0.2, 0) is 26.1 Å². The molecule has 0 amide bonds. The molecule has 0 bridgehead atoms. The molecule has 1 unspecified atom stereocenters. The molecule has 4 nitrogen and oxygen atoms in total. The van der Waals surface area contributed by atoms with Gasteiger partial charge in [-0.3, -0.25) is 0 Å². The lowest BCUT2D eigenvalue weighted by Gasteiger charge is -2.35. The summed E-state index contributed by atoms with van der Waals surface area (Å²) in [6.45, 7) is 7.29. The second-order valence-electron chi connectivity index (χ2n) is 7.49. The number of anilines is 1. The SMILES string of the molecule is C#CC1OC(=C)N(CCC)c2ccc(CS(=O)(=O)Cc3c(F)c(F)c(C)c(F)c3F)cc21. The highest BCUT2D eigenvalue weighted by molar-refractivity contribution is 7.89. The molecule has 1 aliphatic rings. The maximum Gasteiger partial charge on any atom is 0.188 e. The first kappa shape index (κ1) is 23.7. The molecule has 0 aliphatic carbocycles. The molecular weight excluding hydrogens is 446 g/mol. The molecule has 9 heteroatoms. The zero-order chi connectivity index (χ0) is 23.8. The average molecular weight is 467 g/mol. The van der Waals surface area contributed by atoms with Gasteiger partial charge in [0.05, 0.1) is 17.2 Å². The van der Waals surface area contributed by atoms with Gasteiger partial charge in [-0.15, -0.1) is 6.42 Å². The van der Waals surface area contributed by atoms with Crippen LogP contribution in [0.1, 0.15) is 41.7 Å². The fourth-order valence-electron chi connectivity index (χ4n) is 3.58. The number of fused-ring (bicyclic) bond motifs is 1. The Bertz CT molecular complexity index is 1210. The van der Waals surface area contributed by atoms with E-state index >= 15 is 0 Å². The van der Waals surface area contributed by atoms with Gasteiger partial charge in [0.25, 0.3) is 0 Å². The minimum Gasteiger partial charge on any atom is -0.458 e. The topological polar surface area (TPSA) is 46.6 Å². The minimum atomic E-state index is -4.20. The van der Waals surface area contributed by atoms with Crippen LogP contribution in [0.15, 0.2) is 30.7 Å². The Kier molecular flexibility index (Phi) is 6.56. The van der Waals surface area contributed by atoms with Gasteiger partial charge in [0.2, 0.25) is 0 Å². The number of nitrogens with zero attached hydrogens (tertiary/aromatic N) is 1. The van der Waals surface area contributed by atoms with Gasteiger partial charge >= 0.3 is 0 Å². The Morgan fingerprint density at radius 2 is 1.75 bits per heavy atom. The molecule has 1 aliphatic heterocycles. The van der Waals surface area contributed by atoms with E-state index in [1.807, 2.05) is 11.8 Å². The van der Waals surface area contributed by atoms with Crippen LogP contribution in [-0.4, -0.2) is 15.0 Å². The summed E-state index contributed by atoms with van der Waals surface area (Å²) < 4.78 is 86.9. The smallest absolute Gasteiger partial charge is 0.188 e. The van der Waals surface area contributed by atoms with Crippen molar-refractivity contribution >= 4 is 15.5 Å². The number of benzene rings is 2. The lowest BCUT2D eigenvalue weighted by Crippen LogP contribution is -2.31. The summed E-state index contributed by atoms with van der Waals surface area (Å²) in [6.07, 6.45) is 5.55. The molecule has 0 fully saturated rings. The fourth-order valence-corrected chi connectivity index (χ4v) is 5.06. The third-order valence-electron chi connectivity index (χ3n) is 5.14. The van der Waals surface area contributed by atoms with Crippen LogP contribution in [0.3, 0.4) is 0 Å². The molecule has 32 heavy (non-hydrogen) atoms. The third-order valence-corrected chi connectivity index (χ3v) is 6.65. The first-order valence-corrected chi connectivity index (χ1v) is 11.6. The molecule has 0 radical (unpaired) electrons. The summed E-state index contributed by atoms with van der Waals surface area (Å²) in [6, 6.07) is 4.74. The van der Waals surface area contributed by atoms with E-state index in [1.54, 1.807) is 6.07 Å². The van der Waals surface area contributed by atoms with Crippen molar-refractivity contribution in [2.24, 2.45) is 0 Å². The Morgan fingerprint density at radius 1 is 1.12 bits per heavy atom. The van der Waals surface area contributed by atoms with Crippen molar-refractivity contribution in [3.05, 3.63) is 76.2 Å². The highest BCUT2D eigenvalue weighted by atomic mass is 32.2. The third kappa shape index (κ3) is 4.32. The Morgan fingerprint density at radius 3 is 2.31 bits per heavy atom. The summed E-state index contributed by atoms with van der Waals surface area (Å²) in [5.41, 5.74) is -0.476. The summed E-state index contributed by atoms with van der Waals surface area (Å²) >= 11 is 0. The summed E-state index contributed by atoms with van der Waals surface area (Å²) in [5, 5.41) is 0. The molecule has 1 atom stereocenters. The van der Waals surface area contributed by atoms with E-state index in [0.29, 0.717) is 23.7 Å². The minimum absolute atomic E-state index is 0.283. The van der Waals surface area contributed by atoms with E-state index in [4.69, 9.17) is 11.2 Å². The Labute approximate surface area is 184 Å². The molecule has 170 valence electrons. The van der Waals surface area contributed by atoms with Crippen molar-refractivity contribution in [1.82, 2.24) is 0 Å². The number of ether oxygens (including phenoxy) is 1.